The van der Waals surface area contributed by atoms with Crippen LogP contribution in [0.15, 0.2) is 12.1 Å². The second kappa shape index (κ2) is 6.73. The van der Waals surface area contributed by atoms with Crippen molar-refractivity contribution in [3.63, 3.8) is 0 Å². The molecule has 1 N–H and O–H groups in total. The third-order valence-corrected chi connectivity index (χ3v) is 3.72. The molecule has 0 bridgehead atoms. The molecule has 0 saturated heterocycles. The first-order valence-electron chi connectivity index (χ1n) is 5.84. The van der Waals surface area contributed by atoms with E-state index in [4.69, 9.17) is 28.3 Å². The zero-order chi connectivity index (χ0) is 16.3. The number of carboxylic acids is 1. The van der Waals surface area contributed by atoms with Crippen LogP contribution in [0.3, 0.4) is 0 Å². The number of amides is 1. The lowest BCUT2D eigenvalue weighted by molar-refractivity contribution is -0.384. The van der Waals surface area contributed by atoms with Crippen molar-refractivity contribution < 1.29 is 19.6 Å². The molecule has 0 fully saturated rings. The van der Waals surface area contributed by atoms with Gasteiger partial charge in [0.05, 0.1) is 20.5 Å². The predicted molar refractivity (Wildman–Crippen MR) is 76.9 cm³/mol. The molecule has 7 nitrogen and oxygen atoms in total. The van der Waals surface area contributed by atoms with Gasteiger partial charge in [-0.25, -0.2) is 4.79 Å². The average molecular weight is 335 g/mol. The van der Waals surface area contributed by atoms with Crippen molar-refractivity contribution in [2.45, 2.75) is 19.4 Å². The van der Waals surface area contributed by atoms with Gasteiger partial charge in [0.25, 0.3) is 11.6 Å². The maximum absolute atomic E-state index is 12.3. The van der Waals surface area contributed by atoms with Gasteiger partial charge in [0.1, 0.15) is 6.04 Å². The third-order valence-electron chi connectivity index (χ3n) is 2.91. The molecular formula is C12H12Cl2N2O5. The van der Waals surface area contributed by atoms with E-state index < -0.39 is 28.5 Å². The Labute approximate surface area is 130 Å². The summed E-state index contributed by atoms with van der Waals surface area (Å²) in [6, 6.07) is 0.933. The fraction of sp³-hybridized carbons (Fsp3) is 0.333. The lowest BCUT2D eigenvalue weighted by Gasteiger charge is -2.24. The Hall–Kier alpha value is -1.86. The van der Waals surface area contributed by atoms with Gasteiger partial charge in [-0.1, -0.05) is 30.1 Å². The van der Waals surface area contributed by atoms with Crippen molar-refractivity contribution in [2.75, 3.05) is 7.05 Å². The summed E-state index contributed by atoms with van der Waals surface area (Å²) in [4.78, 5) is 34.4. The third kappa shape index (κ3) is 3.62. The van der Waals surface area contributed by atoms with Crippen molar-refractivity contribution in [2.24, 2.45) is 0 Å². The molecule has 0 spiro atoms. The number of hydrogen-bond donors (Lipinski definition) is 1. The Morgan fingerprint density at radius 1 is 1.43 bits per heavy atom. The van der Waals surface area contributed by atoms with Gasteiger partial charge in [0.2, 0.25) is 0 Å². The number of likely N-dealkylation sites (N-methyl/N-ethyl adjacent to an activating group) is 1. The molecule has 0 aliphatic heterocycles. The minimum absolute atomic E-state index is 0.147. The number of hydrogen-bond acceptors (Lipinski definition) is 4. The topological polar surface area (TPSA) is 101 Å². The number of benzene rings is 1. The van der Waals surface area contributed by atoms with Crippen molar-refractivity contribution >= 4 is 40.8 Å². The average Bonchev–Trinajstić information content (AvgIpc) is 2.40. The second-order valence-corrected chi connectivity index (χ2v) is 5.01. The quantitative estimate of drug-likeness (QED) is 0.659. The number of non-ortho nitro benzene ring substituents is 1. The Bertz CT molecular complexity index is 606. The summed E-state index contributed by atoms with van der Waals surface area (Å²) in [6.07, 6.45) is 0.178. The first-order valence-corrected chi connectivity index (χ1v) is 6.59. The molecule has 0 heterocycles. The fourth-order valence-corrected chi connectivity index (χ4v) is 2.18. The van der Waals surface area contributed by atoms with E-state index in [1.807, 2.05) is 0 Å². The van der Waals surface area contributed by atoms with Gasteiger partial charge in [-0.3, -0.25) is 14.9 Å². The van der Waals surface area contributed by atoms with E-state index in [9.17, 15) is 19.7 Å². The van der Waals surface area contributed by atoms with E-state index in [-0.39, 0.29) is 22.0 Å². The molecule has 1 atom stereocenters. The molecule has 1 amide bonds. The molecule has 114 valence electrons. The Balaban J connectivity index is 3.29. The normalized spacial score (nSPS) is 11.8. The zero-order valence-corrected chi connectivity index (χ0v) is 12.7. The predicted octanol–water partition coefficient (Wildman–Crippen LogP) is 2.84. The van der Waals surface area contributed by atoms with Crippen LogP contribution < -0.4 is 0 Å². The first kappa shape index (κ1) is 17.2. The van der Waals surface area contributed by atoms with Gasteiger partial charge >= 0.3 is 5.97 Å². The molecule has 9 heteroatoms. The van der Waals surface area contributed by atoms with E-state index in [1.54, 1.807) is 6.92 Å². The summed E-state index contributed by atoms with van der Waals surface area (Å²) < 4.78 is 0. The van der Waals surface area contributed by atoms with Gasteiger partial charge in [0, 0.05) is 19.2 Å². The molecule has 0 aliphatic rings. The molecule has 21 heavy (non-hydrogen) atoms. The van der Waals surface area contributed by atoms with E-state index in [0.29, 0.717) is 0 Å². The van der Waals surface area contributed by atoms with Gasteiger partial charge in [-0.2, -0.15) is 0 Å². The van der Waals surface area contributed by atoms with Crippen LogP contribution in [0.25, 0.3) is 0 Å². The fourth-order valence-electron chi connectivity index (χ4n) is 1.78. The molecule has 0 radical (unpaired) electrons. The van der Waals surface area contributed by atoms with Gasteiger partial charge in [0.15, 0.2) is 0 Å². The number of nitro benzene ring substituents is 1. The van der Waals surface area contributed by atoms with Crippen LogP contribution in [0.1, 0.15) is 23.7 Å². The van der Waals surface area contributed by atoms with Crippen molar-refractivity contribution in [3.8, 4) is 0 Å². The molecule has 1 aromatic carbocycles. The lowest BCUT2D eigenvalue weighted by Crippen LogP contribution is -2.42. The van der Waals surface area contributed by atoms with Crippen LogP contribution in [0, 0.1) is 10.1 Å². The second-order valence-electron chi connectivity index (χ2n) is 4.22. The van der Waals surface area contributed by atoms with Crippen molar-refractivity contribution in [1.29, 1.82) is 0 Å². The summed E-state index contributed by atoms with van der Waals surface area (Å²) in [6.45, 7) is 1.60. The first-order chi connectivity index (χ1) is 9.70. The van der Waals surface area contributed by atoms with Crippen LogP contribution in [0.5, 0.6) is 0 Å². The molecule has 1 rings (SSSR count). The van der Waals surface area contributed by atoms with Crippen molar-refractivity contribution in [1.82, 2.24) is 4.90 Å². The Morgan fingerprint density at radius 3 is 2.43 bits per heavy atom. The van der Waals surface area contributed by atoms with Gasteiger partial charge in [-0.15, -0.1) is 0 Å². The van der Waals surface area contributed by atoms with Gasteiger partial charge < -0.3 is 10.0 Å². The van der Waals surface area contributed by atoms with E-state index >= 15 is 0 Å². The number of nitro groups is 1. The summed E-state index contributed by atoms with van der Waals surface area (Å²) >= 11 is 11.7. The summed E-state index contributed by atoms with van der Waals surface area (Å²) in [5, 5.41) is 19.5. The van der Waals surface area contributed by atoms with Crippen LogP contribution in [-0.4, -0.2) is 39.9 Å². The summed E-state index contributed by atoms with van der Waals surface area (Å²) in [5.41, 5.74) is -0.609. The van der Waals surface area contributed by atoms with E-state index in [0.717, 1.165) is 17.0 Å². The van der Waals surface area contributed by atoms with Gasteiger partial charge in [-0.05, 0) is 6.42 Å². The van der Waals surface area contributed by atoms with Crippen LogP contribution in [0.2, 0.25) is 10.0 Å². The maximum atomic E-state index is 12.3. The summed E-state index contributed by atoms with van der Waals surface area (Å²) in [5.74, 6) is -1.93. The highest BCUT2D eigenvalue weighted by molar-refractivity contribution is 6.44. The molecule has 0 saturated carbocycles. The SMILES string of the molecule is CCC(C(=O)O)N(C)C(=O)c1cc([N+](=O)[O-])cc(Cl)c1Cl. The number of aliphatic carboxylic acids is 1. The zero-order valence-electron chi connectivity index (χ0n) is 11.2. The summed E-state index contributed by atoms with van der Waals surface area (Å²) in [7, 11) is 1.29. The van der Waals surface area contributed by atoms with E-state index in [2.05, 4.69) is 0 Å². The highest BCUT2D eigenvalue weighted by Gasteiger charge is 2.28. The highest BCUT2D eigenvalue weighted by Crippen LogP contribution is 2.31. The number of halogens is 2. The lowest BCUT2D eigenvalue weighted by atomic mass is 10.1. The molecule has 0 aromatic heterocycles. The van der Waals surface area contributed by atoms with Crippen LogP contribution >= 0.6 is 23.2 Å². The molecule has 1 unspecified atom stereocenters. The Morgan fingerprint density at radius 2 is 2.00 bits per heavy atom. The highest BCUT2D eigenvalue weighted by atomic mass is 35.5. The Kier molecular flexibility index (Phi) is 5.51. The number of carbonyl (C=O) groups excluding carboxylic acids is 1. The van der Waals surface area contributed by atoms with E-state index in [1.165, 1.54) is 7.05 Å². The number of rotatable bonds is 5. The molecule has 0 aliphatic carbocycles. The van der Waals surface area contributed by atoms with Crippen molar-refractivity contribution in [3.05, 3.63) is 37.9 Å². The minimum Gasteiger partial charge on any atom is -0.480 e. The smallest absolute Gasteiger partial charge is 0.326 e. The molecular weight excluding hydrogens is 323 g/mol. The monoisotopic (exact) mass is 334 g/mol. The number of nitrogens with zero attached hydrogens (tertiary/aromatic N) is 2. The maximum Gasteiger partial charge on any atom is 0.326 e. The number of carboxylic acid groups (broad SMARTS) is 1. The molecule has 1 aromatic rings. The largest absolute Gasteiger partial charge is 0.480 e. The number of carbonyl (C=O) groups is 2. The minimum atomic E-state index is -1.18. The standard InChI is InChI=1S/C12H12Cl2N2O5/c1-3-9(12(18)19)15(2)11(17)7-4-6(16(20)21)5-8(13)10(7)14/h4-5,9H,3H2,1-2H3,(H,18,19). The van der Waals surface area contributed by atoms with Crippen LogP contribution in [0.4, 0.5) is 5.69 Å². The van der Waals surface area contributed by atoms with Crippen LogP contribution in [-0.2, 0) is 4.79 Å².